The molecule has 1 atom stereocenters. The predicted molar refractivity (Wildman–Crippen MR) is 80.6 cm³/mol. The van der Waals surface area contributed by atoms with E-state index in [-0.39, 0.29) is 11.8 Å². The minimum Gasteiger partial charge on any atom is -0.465 e. The predicted octanol–water partition coefficient (Wildman–Crippen LogP) is 2.02. The lowest BCUT2D eigenvalue weighted by atomic mass is 10.0. The fourth-order valence-electron chi connectivity index (χ4n) is 2.52. The Hall–Kier alpha value is -1.60. The second-order valence-corrected chi connectivity index (χ2v) is 7.36. The van der Waals surface area contributed by atoms with Crippen LogP contribution in [0.3, 0.4) is 0 Å². The number of carbonyl (C=O) groups is 1. The van der Waals surface area contributed by atoms with Crippen molar-refractivity contribution in [2.75, 3.05) is 24.2 Å². The first-order chi connectivity index (χ1) is 9.86. The van der Waals surface area contributed by atoms with Crippen molar-refractivity contribution >= 4 is 21.6 Å². The van der Waals surface area contributed by atoms with Crippen LogP contribution in [0, 0.1) is 0 Å². The molecular formula is C14H20N2O4S. The molecule has 7 heteroatoms. The maximum Gasteiger partial charge on any atom is 0.411 e. The van der Waals surface area contributed by atoms with E-state index in [0.717, 1.165) is 24.3 Å². The highest BCUT2D eigenvalue weighted by molar-refractivity contribution is 7.91. The van der Waals surface area contributed by atoms with E-state index in [2.05, 4.69) is 5.32 Å². The Bertz CT molecular complexity index is 636. The molecule has 0 bridgehead atoms. The molecule has 0 aromatic heterocycles. The van der Waals surface area contributed by atoms with E-state index in [4.69, 9.17) is 5.11 Å². The number of nitrogens with zero attached hydrogens (tertiary/aromatic N) is 1. The van der Waals surface area contributed by atoms with Crippen LogP contribution in [0.25, 0.3) is 0 Å². The number of sulfone groups is 1. The molecule has 1 aliphatic rings. The molecule has 116 valence electrons. The van der Waals surface area contributed by atoms with Crippen molar-refractivity contribution in [3.63, 3.8) is 0 Å². The van der Waals surface area contributed by atoms with Gasteiger partial charge in [0.15, 0.2) is 9.84 Å². The van der Waals surface area contributed by atoms with E-state index in [9.17, 15) is 13.2 Å². The van der Waals surface area contributed by atoms with Crippen molar-refractivity contribution < 1.29 is 18.3 Å². The monoisotopic (exact) mass is 312 g/mol. The maximum atomic E-state index is 12.2. The summed E-state index contributed by atoms with van der Waals surface area (Å²) in [6.45, 7) is 2.45. The van der Waals surface area contributed by atoms with Gasteiger partial charge < -0.3 is 10.4 Å². The van der Waals surface area contributed by atoms with Crippen LogP contribution in [0.15, 0.2) is 23.1 Å². The Labute approximate surface area is 124 Å². The molecule has 2 rings (SSSR count). The van der Waals surface area contributed by atoms with Gasteiger partial charge >= 0.3 is 6.09 Å². The zero-order valence-corrected chi connectivity index (χ0v) is 13.0. The Kier molecular flexibility index (Phi) is 4.53. The summed E-state index contributed by atoms with van der Waals surface area (Å²) in [7, 11) is -1.89. The van der Waals surface area contributed by atoms with Crippen LogP contribution in [-0.4, -0.2) is 39.0 Å². The average Bonchev–Trinajstić information content (AvgIpc) is 2.99. The van der Waals surface area contributed by atoms with Crippen LogP contribution < -0.4 is 10.2 Å². The van der Waals surface area contributed by atoms with Crippen molar-refractivity contribution in [3.05, 3.63) is 23.8 Å². The Morgan fingerprint density at radius 1 is 1.48 bits per heavy atom. The van der Waals surface area contributed by atoms with Gasteiger partial charge in [-0.1, -0.05) is 6.92 Å². The minimum atomic E-state index is -3.33. The Balaban J connectivity index is 2.54. The normalized spacial score (nSPS) is 18.7. The van der Waals surface area contributed by atoms with Crippen molar-refractivity contribution in [1.29, 1.82) is 0 Å². The molecule has 2 N–H and O–H groups in total. The molecule has 0 radical (unpaired) electrons. The van der Waals surface area contributed by atoms with E-state index >= 15 is 0 Å². The molecule has 1 aromatic rings. The maximum absolute atomic E-state index is 12.2. The largest absolute Gasteiger partial charge is 0.465 e. The number of hydrogen-bond donors (Lipinski definition) is 2. The lowest BCUT2D eigenvalue weighted by Gasteiger charge is -2.20. The molecule has 1 unspecified atom stereocenters. The third-order valence-corrected chi connectivity index (χ3v) is 5.62. The lowest BCUT2D eigenvalue weighted by Crippen LogP contribution is -2.25. The summed E-state index contributed by atoms with van der Waals surface area (Å²) < 4.78 is 24.5. The number of benzene rings is 1. The number of hydrogen-bond acceptors (Lipinski definition) is 4. The molecular weight excluding hydrogens is 292 g/mol. The number of amides is 1. The summed E-state index contributed by atoms with van der Waals surface area (Å²) in [5.74, 6) is 0.0286. The fraction of sp³-hybridized carbons (Fsp3) is 0.500. The van der Waals surface area contributed by atoms with Gasteiger partial charge in [-0.2, -0.15) is 0 Å². The first-order valence-corrected chi connectivity index (χ1v) is 8.58. The highest BCUT2D eigenvalue weighted by Crippen LogP contribution is 2.32. The molecule has 1 amide bonds. The van der Waals surface area contributed by atoms with Crippen LogP contribution in [-0.2, 0) is 9.84 Å². The van der Waals surface area contributed by atoms with Crippen molar-refractivity contribution in [3.8, 4) is 0 Å². The van der Waals surface area contributed by atoms with Crippen LogP contribution in [0.5, 0.6) is 0 Å². The molecule has 0 aliphatic carbocycles. The SMILES string of the molecule is CCS(=O)(=O)c1ccc(N(C)C(=O)O)cc1C1CCCN1. The van der Waals surface area contributed by atoms with Gasteiger partial charge in [0, 0.05) is 18.8 Å². The highest BCUT2D eigenvalue weighted by Gasteiger charge is 2.26. The molecule has 1 aliphatic heterocycles. The fourth-order valence-corrected chi connectivity index (χ4v) is 3.66. The topological polar surface area (TPSA) is 86.7 Å². The van der Waals surface area contributed by atoms with Crippen LogP contribution in [0.1, 0.15) is 31.4 Å². The van der Waals surface area contributed by atoms with Gasteiger partial charge in [-0.25, -0.2) is 13.2 Å². The molecule has 1 aromatic carbocycles. The van der Waals surface area contributed by atoms with Gasteiger partial charge in [-0.3, -0.25) is 4.90 Å². The van der Waals surface area contributed by atoms with E-state index in [1.165, 1.54) is 19.2 Å². The van der Waals surface area contributed by atoms with Gasteiger partial charge in [-0.05, 0) is 43.1 Å². The van der Waals surface area contributed by atoms with Crippen molar-refractivity contribution in [2.45, 2.75) is 30.7 Å². The first-order valence-electron chi connectivity index (χ1n) is 6.93. The number of nitrogens with one attached hydrogen (secondary N) is 1. The summed E-state index contributed by atoms with van der Waals surface area (Å²) in [6.07, 6.45) is 0.758. The Morgan fingerprint density at radius 3 is 2.71 bits per heavy atom. The second kappa shape index (κ2) is 6.03. The summed E-state index contributed by atoms with van der Waals surface area (Å²) in [6, 6.07) is 4.68. The van der Waals surface area contributed by atoms with Gasteiger partial charge in [0.25, 0.3) is 0 Å². The van der Waals surface area contributed by atoms with Crippen LogP contribution >= 0.6 is 0 Å². The van der Waals surface area contributed by atoms with E-state index < -0.39 is 15.9 Å². The number of anilines is 1. The molecule has 21 heavy (non-hydrogen) atoms. The summed E-state index contributed by atoms with van der Waals surface area (Å²) in [5, 5.41) is 12.3. The standard InChI is InChI=1S/C14H20N2O4S/c1-3-21(19,20)13-7-6-10(16(2)14(17)18)9-11(13)12-5-4-8-15-12/h6-7,9,12,15H,3-5,8H2,1-2H3,(H,17,18). The summed E-state index contributed by atoms with van der Waals surface area (Å²) in [5.41, 5.74) is 1.14. The number of rotatable bonds is 4. The van der Waals surface area contributed by atoms with Crippen LogP contribution in [0.4, 0.5) is 10.5 Å². The van der Waals surface area contributed by atoms with E-state index in [0.29, 0.717) is 16.1 Å². The molecule has 6 nitrogen and oxygen atoms in total. The van der Waals surface area contributed by atoms with Crippen LogP contribution in [0.2, 0.25) is 0 Å². The van der Waals surface area contributed by atoms with Crippen molar-refractivity contribution in [2.24, 2.45) is 0 Å². The Morgan fingerprint density at radius 2 is 2.19 bits per heavy atom. The van der Waals surface area contributed by atoms with Gasteiger partial charge in [0.05, 0.1) is 10.6 Å². The van der Waals surface area contributed by atoms with Gasteiger partial charge in [-0.15, -0.1) is 0 Å². The number of carboxylic acid groups (broad SMARTS) is 1. The molecule has 0 saturated carbocycles. The molecule has 1 saturated heterocycles. The molecule has 1 heterocycles. The zero-order valence-electron chi connectivity index (χ0n) is 12.2. The van der Waals surface area contributed by atoms with Crippen molar-refractivity contribution in [1.82, 2.24) is 5.32 Å². The molecule has 0 spiro atoms. The quantitative estimate of drug-likeness (QED) is 0.888. The van der Waals surface area contributed by atoms with E-state index in [1.807, 2.05) is 0 Å². The third-order valence-electron chi connectivity index (χ3n) is 3.82. The summed E-state index contributed by atoms with van der Waals surface area (Å²) >= 11 is 0. The highest BCUT2D eigenvalue weighted by atomic mass is 32.2. The molecule has 1 fully saturated rings. The van der Waals surface area contributed by atoms with Gasteiger partial charge in [0.2, 0.25) is 0 Å². The zero-order chi connectivity index (χ0) is 15.6. The lowest BCUT2D eigenvalue weighted by molar-refractivity contribution is 0.203. The minimum absolute atomic E-state index is 0.0286. The van der Waals surface area contributed by atoms with E-state index in [1.54, 1.807) is 13.0 Å². The second-order valence-electron chi connectivity index (χ2n) is 5.12. The summed E-state index contributed by atoms with van der Waals surface area (Å²) in [4.78, 5) is 12.4. The average molecular weight is 312 g/mol. The third kappa shape index (κ3) is 3.19. The van der Waals surface area contributed by atoms with Gasteiger partial charge in [0.1, 0.15) is 0 Å². The first kappa shape index (κ1) is 15.8. The smallest absolute Gasteiger partial charge is 0.411 e.